The Morgan fingerprint density at radius 2 is 1.95 bits per heavy atom. The number of aryl methyl sites for hydroxylation is 1. The van der Waals surface area contributed by atoms with Gasteiger partial charge in [-0.25, -0.2) is 0 Å². The number of halogens is 1. The van der Waals surface area contributed by atoms with Crippen LogP contribution in [0.1, 0.15) is 12.0 Å². The third kappa shape index (κ3) is 4.39. The van der Waals surface area contributed by atoms with E-state index in [2.05, 4.69) is 5.32 Å². The summed E-state index contributed by atoms with van der Waals surface area (Å²) in [5.41, 5.74) is 7.92. The molecule has 0 aromatic heterocycles. The van der Waals surface area contributed by atoms with Gasteiger partial charge in [0.05, 0.1) is 18.5 Å². The number of ether oxygens (including phenoxy) is 1. The van der Waals surface area contributed by atoms with E-state index in [1.165, 1.54) is 0 Å². The Bertz CT molecular complexity index is 627. The minimum absolute atomic E-state index is 0.0835. The predicted octanol–water partition coefficient (Wildman–Crippen LogP) is 3.50. The molecule has 2 rings (SSSR count). The lowest BCUT2D eigenvalue weighted by atomic mass is 10.1. The van der Waals surface area contributed by atoms with Crippen LogP contribution in [-0.2, 0) is 11.2 Å². The molecule has 3 N–H and O–H groups in total. The van der Waals surface area contributed by atoms with E-state index in [1.54, 1.807) is 25.3 Å². The first-order chi connectivity index (χ1) is 10.1. The van der Waals surface area contributed by atoms with E-state index in [9.17, 15) is 4.79 Å². The number of nitrogen functional groups attached to an aromatic ring is 1. The van der Waals surface area contributed by atoms with E-state index in [-0.39, 0.29) is 5.91 Å². The molecule has 0 unspecified atom stereocenters. The molecule has 0 aliphatic heterocycles. The van der Waals surface area contributed by atoms with Gasteiger partial charge in [0, 0.05) is 11.4 Å². The average Bonchev–Trinajstić information content (AvgIpc) is 2.48. The molecular formula is C16H17ClN2O2. The number of carbonyl (C=O) groups excluding carboxylic acids is 1. The van der Waals surface area contributed by atoms with E-state index < -0.39 is 0 Å². The molecule has 0 bridgehead atoms. The number of benzene rings is 2. The highest BCUT2D eigenvalue weighted by Crippen LogP contribution is 2.23. The number of rotatable bonds is 5. The maximum absolute atomic E-state index is 11.9. The first-order valence-corrected chi connectivity index (χ1v) is 6.94. The van der Waals surface area contributed by atoms with Gasteiger partial charge in [0.25, 0.3) is 0 Å². The van der Waals surface area contributed by atoms with Crippen LogP contribution in [0.2, 0.25) is 5.02 Å². The van der Waals surface area contributed by atoms with Crippen LogP contribution in [0.25, 0.3) is 0 Å². The number of nitrogens with two attached hydrogens (primary N) is 1. The van der Waals surface area contributed by atoms with Crippen molar-refractivity contribution in [1.29, 1.82) is 0 Å². The van der Waals surface area contributed by atoms with Crippen molar-refractivity contribution in [3.05, 3.63) is 53.1 Å². The van der Waals surface area contributed by atoms with Crippen LogP contribution in [0, 0.1) is 0 Å². The minimum Gasteiger partial charge on any atom is -0.497 e. The number of anilines is 2. The monoisotopic (exact) mass is 304 g/mol. The standard InChI is InChI=1S/C16H17ClN2O2/c1-21-13-6-2-11(3-7-13)4-9-16(20)19-15-8-5-12(17)10-14(15)18/h2-3,5-8,10H,4,9,18H2,1H3,(H,19,20). The van der Waals surface area contributed by atoms with E-state index in [0.29, 0.717) is 29.2 Å². The number of nitrogens with one attached hydrogen (secondary N) is 1. The normalized spacial score (nSPS) is 10.2. The van der Waals surface area contributed by atoms with Crippen molar-refractivity contribution in [2.75, 3.05) is 18.2 Å². The molecule has 0 saturated carbocycles. The molecule has 1 amide bonds. The Hall–Kier alpha value is -2.20. The molecule has 0 heterocycles. The second-order valence-electron chi connectivity index (χ2n) is 4.63. The third-order valence-corrected chi connectivity index (χ3v) is 3.32. The first-order valence-electron chi connectivity index (χ1n) is 6.56. The second kappa shape index (κ2) is 6.99. The maximum Gasteiger partial charge on any atom is 0.224 e. The van der Waals surface area contributed by atoms with Crippen LogP contribution in [0.5, 0.6) is 5.75 Å². The molecule has 5 heteroatoms. The largest absolute Gasteiger partial charge is 0.497 e. The predicted molar refractivity (Wildman–Crippen MR) is 85.8 cm³/mol. The van der Waals surface area contributed by atoms with Gasteiger partial charge in [-0.1, -0.05) is 23.7 Å². The van der Waals surface area contributed by atoms with Crippen molar-refractivity contribution < 1.29 is 9.53 Å². The van der Waals surface area contributed by atoms with Gasteiger partial charge < -0.3 is 15.8 Å². The van der Waals surface area contributed by atoms with Gasteiger partial charge in [0.1, 0.15) is 5.75 Å². The Morgan fingerprint density at radius 3 is 2.57 bits per heavy atom. The topological polar surface area (TPSA) is 64.3 Å². The highest BCUT2D eigenvalue weighted by molar-refractivity contribution is 6.31. The summed E-state index contributed by atoms with van der Waals surface area (Å²) in [6, 6.07) is 12.7. The summed E-state index contributed by atoms with van der Waals surface area (Å²) in [5, 5.41) is 3.33. The highest BCUT2D eigenvalue weighted by Gasteiger charge is 2.06. The molecular weight excluding hydrogens is 288 g/mol. The van der Waals surface area contributed by atoms with E-state index >= 15 is 0 Å². The fourth-order valence-corrected chi connectivity index (χ4v) is 2.09. The molecule has 0 radical (unpaired) electrons. The first kappa shape index (κ1) is 15.2. The van der Waals surface area contributed by atoms with Gasteiger partial charge in [-0.2, -0.15) is 0 Å². The zero-order chi connectivity index (χ0) is 15.2. The van der Waals surface area contributed by atoms with Gasteiger partial charge in [0.15, 0.2) is 0 Å². The Labute approximate surface area is 128 Å². The number of hydrogen-bond acceptors (Lipinski definition) is 3. The van der Waals surface area contributed by atoms with Crippen LogP contribution < -0.4 is 15.8 Å². The smallest absolute Gasteiger partial charge is 0.224 e. The summed E-state index contributed by atoms with van der Waals surface area (Å²) < 4.78 is 5.09. The van der Waals surface area contributed by atoms with Gasteiger partial charge in [-0.05, 0) is 42.3 Å². The fraction of sp³-hybridized carbons (Fsp3) is 0.188. The zero-order valence-electron chi connectivity index (χ0n) is 11.7. The number of hydrogen-bond donors (Lipinski definition) is 2. The molecule has 0 aliphatic carbocycles. The summed E-state index contributed by atoms with van der Waals surface area (Å²) in [6.45, 7) is 0. The molecule has 0 fully saturated rings. The quantitative estimate of drug-likeness (QED) is 0.831. The van der Waals surface area contributed by atoms with Gasteiger partial charge in [-0.3, -0.25) is 4.79 Å². The van der Waals surface area contributed by atoms with Gasteiger partial charge >= 0.3 is 0 Å². The highest BCUT2D eigenvalue weighted by atomic mass is 35.5. The van der Waals surface area contributed by atoms with E-state index in [1.807, 2.05) is 24.3 Å². The van der Waals surface area contributed by atoms with Crippen LogP contribution >= 0.6 is 11.6 Å². The molecule has 0 atom stereocenters. The Morgan fingerprint density at radius 1 is 1.24 bits per heavy atom. The molecule has 0 saturated heterocycles. The maximum atomic E-state index is 11.9. The summed E-state index contributed by atoms with van der Waals surface area (Å²) in [4.78, 5) is 11.9. The molecule has 2 aromatic carbocycles. The summed E-state index contributed by atoms with van der Waals surface area (Å²) in [7, 11) is 1.62. The van der Waals surface area contributed by atoms with Crippen molar-refractivity contribution in [2.24, 2.45) is 0 Å². The molecule has 0 spiro atoms. The lowest BCUT2D eigenvalue weighted by Crippen LogP contribution is -2.13. The zero-order valence-corrected chi connectivity index (χ0v) is 12.5. The second-order valence-corrected chi connectivity index (χ2v) is 5.06. The molecule has 110 valence electrons. The Balaban J connectivity index is 1.89. The van der Waals surface area contributed by atoms with Crippen molar-refractivity contribution in [1.82, 2.24) is 0 Å². The van der Waals surface area contributed by atoms with Crippen molar-refractivity contribution in [3.8, 4) is 5.75 Å². The lowest BCUT2D eigenvalue weighted by Gasteiger charge is -2.08. The van der Waals surface area contributed by atoms with Gasteiger partial charge in [0.2, 0.25) is 5.91 Å². The molecule has 4 nitrogen and oxygen atoms in total. The third-order valence-electron chi connectivity index (χ3n) is 3.09. The molecule has 21 heavy (non-hydrogen) atoms. The summed E-state index contributed by atoms with van der Waals surface area (Å²) in [6.07, 6.45) is 1.04. The Kier molecular flexibility index (Phi) is 5.06. The molecule has 0 aliphatic rings. The van der Waals surface area contributed by atoms with Crippen molar-refractivity contribution in [3.63, 3.8) is 0 Å². The van der Waals surface area contributed by atoms with Crippen LogP contribution in [0.15, 0.2) is 42.5 Å². The summed E-state index contributed by atoms with van der Waals surface area (Å²) >= 11 is 5.82. The van der Waals surface area contributed by atoms with Crippen LogP contribution in [0.4, 0.5) is 11.4 Å². The van der Waals surface area contributed by atoms with E-state index in [4.69, 9.17) is 22.1 Å². The van der Waals surface area contributed by atoms with Gasteiger partial charge in [-0.15, -0.1) is 0 Å². The van der Waals surface area contributed by atoms with E-state index in [0.717, 1.165) is 11.3 Å². The van der Waals surface area contributed by atoms with Crippen LogP contribution in [0.3, 0.4) is 0 Å². The SMILES string of the molecule is COc1ccc(CCC(=O)Nc2ccc(Cl)cc2N)cc1. The lowest BCUT2D eigenvalue weighted by molar-refractivity contribution is -0.116. The summed E-state index contributed by atoms with van der Waals surface area (Å²) in [5.74, 6) is 0.719. The van der Waals surface area contributed by atoms with Crippen molar-refractivity contribution in [2.45, 2.75) is 12.8 Å². The number of carbonyl (C=O) groups is 1. The number of amides is 1. The average molecular weight is 305 g/mol. The minimum atomic E-state index is -0.0835. The molecule has 2 aromatic rings. The van der Waals surface area contributed by atoms with Crippen LogP contribution in [-0.4, -0.2) is 13.0 Å². The van der Waals surface area contributed by atoms with Crippen molar-refractivity contribution >= 4 is 28.9 Å². The fourth-order valence-electron chi connectivity index (χ4n) is 1.91. The number of methoxy groups -OCH3 is 1.